The van der Waals surface area contributed by atoms with Gasteiger partial charge in [0.25, 0.3) is 0 Å². The monoisotopic (exact) mass is 385 g/mol. The average Bonchev–Trinajstić information content (AvgIpc) is 2.73. The maximum atomic E-state index is 9.23. The Morgan fingerprint density at radius 2 is 1.59 bits per heavy atom. The number of methoxy groups -OCH3 is 1. The van der Waals surface area contributed by atoms with E-state index in [0.29, 0.717) is 19.8 Å². The molecule has 5 nitrogen and oxygen atoms in total. The number of nitrogens with zero attached hydrogens (tertiary/aromatic N) is 1. The number of thiocyanates is 1. The Morgan fingerprint density at radius 1 is 1.00 bits per heavy atom. The van der Waals surface area contributed by atoms with Crippen LogP contribution in [0.3, 0.4) is 0 Å². The van der Waals surface area contributed by atoms with Crippen LogP contribution in [0, 0.1) is 10.7 Å². The second-order valence-corrected chi connectivity index (χ2v) is 7.17. The van der Waals surface area contributed by atoms with Crippen LogP contribution in [0.1, 0.15) is 11.1 Å². The lowest BCUT2D eigenvalue weighted by Gasteiger charge is -2.40. The average molecular weight is 385 g/mol. The summed E-state index contributed by atoms with van der Waals surface area (Å²) < 4.78 is 23.5. The number of hydrogen-bond acceptors (Lipinski definition) is 6. The predicted molar refractivity (Wildman–Crippen MR) is 104 cm³/mol. The number of ether oxygens (including phenoxy) is 4. The summed E-state index contributed by atoms with van der Waals surface area (Å²) in [7, 11) is 1.58. The molecule has 142 valence electrons. The Morgan fingerprint density at radius 3 is 2.15 bits per heavy atom. The van der Waals surface area contributed by atoms with Crippen LogP contribution in [0.2, 0.25) is 0 Å². The van der Waals surface area contributed by atoms with E-state index < -0.39 is 6.29 Å². The highest BCUT2D eigenvalue weighted by atomic mass is 32.2. The molecule has 1 fully saturated rings. The van der Waals surface area contributed by atoms with E-state index in [1.165, 1.54) is 0 Å². The zero-order valence-electron chi connectivity index (χ0n) is 15.2. The Bertz CT molecular complexity index is 722. The first-order valence-electron chi connectivity index (χ1n) is 8.82. The fraction of sp³-hybridized carbons (Fsp3) is 0.381. The zero-order valence-corrected chi connectivity index (χ0v) is 16.0. The van der Waals surface area contributed by atoms with Crippen LogP contribution in [0.5, 0.6) is 0 Å². The predicted octanol–water partition coefficient (Wildman–Crippen LogP) is 3.74. The van der Waals surface area contributed by atoms with Gasteiger partial charge in [0.15, 0.2) is 6.29 Å². The standard InChI is InChI=1S/C21H23NO4S/c1-23-21-20(27-15-22)19(25-13-17-10-6-3-7-11-17)18(14-26-21)24-12-16-8-4-2-5-9-16/h2-11,18-21H,12-14H2,1H3/t18-,19+,20+,21+/m1/s1. The molecule has 1 aliphatic heterocycles. The van der Waals surface area contributed by atoms with Crippen molar-refractivity contribution in [2.45, 2.75) is 37.0 Å². The summed E-state index contributed by atoms with van der Waals surface area (Å²) in [6.07, 6.45) is -1.12. The van der Waals surface area contributed by atoms with Gasteiger partial charge in [-0.3, -0.25) is 0 Å². The van der Waals surface area contributed by atoms with E-state index in [2.05, 4.69) is 5.40 Å². The maximum absolute atomic E-state index is 9.23. The van der Waals surface area contributed by atoms with E-state index in [0.717, 1.165) is 22.9 Å². The summed E-state index contributed by atoms with van der Waals surface area (Å²) in [5.74, 6) is 0. The van der Waals surface area contributed by atoms with E-state index in [-0.39, 0.29) is 17.5 Å². The van der Waals surface area contributed by atoms with Gasteiger partial charge < -0.3 is 18.9 Å². The van der Waals surface area contributed by atoms with E-state index in [4.69, 9.17) is 18.9 Å². The first kappa shape index (κ1) is 19.9. The summed E-state index contributed by atoms with van der Waals surface area (Å²) >= 11 is 1.10. The quantitative estimate of drug-likeness (QED) is 0.645. The van der Waals surface area contributed by atoms with Gasteiger partial charge in [0, 0.05) is 7.11 Å². The molecule has 0 bridgehead atoms. The zero-order chi connectivity index (χ0) is 18.9. The minimum atomic E-state index is -0.507. The SMILES string of the molecule is CO[C@H]1OC[C@@H](OCc2ccccc2)[C@H](OCc2ccccc2)[C@@H]1SC#N. The molecule has 0 amide bonds. The number of rotatable bonds is 8. The molecule has 0 saturated carbocycles. The smallest absolute Gasteiger partial charge is 0.172 e. The van der Waals surface area contributed by atoms with Gasteiger partial charge in [-0.15, -0.1) is 0 Å². The molecule has 2 aromatic carbocycles. The van der Waals surface area contributed by atoms with Gasteiger partial charge in [-0.25, -0.2) is 0 Å². The molecule has 2 aromatic rings. The highest BCUT2D eigenvalue weighted by molar-refractivity contribution is 8.04. The lowest BCUT2D eigenvalue weighted by atomic mass is 10.1. The van der Waals surface area contributed by atoms with Crippen LogP contribution in [-0.2, 0) is 32.2 Å². The Balaban J connectivity index is 1.71. The van der Waals surface area contributed by atoms with Crippen molar-refractivity contribution in [2.24, 2.45) is 0 Å². The summed E-state index contributed by atoms with van der Waals surface area (Å²) in [5, 5.41) is 11.1. The van der Waals surface area contributed by atoms with Crippen molar-refractivity contribution in [1.82, 2.24) is 0 Å². The molecule has 3 rings (SSSR count). The molecule has 0 aliphatic carbocycles. The van der Waals surface area contributed by atoms with E-state index in [9.17, 15) is 5.26 Å². The number of thioether (sulfide) groups is 1. The van der Waals surface area contributed by atoms with E-state index in [1.807, 2.05) is 60.7 Å². The van der Waals surface area contributed by atoms with Crippen LogP contribution < -0.4 is 0 Å². The molecule has 0 aromatic heterocycles. The highest BCUT2D eigenvalue weighted by Gasteiger charge is 2.43. The van der Waals surface area contributed by atoms with Gasteiger partial charge in [-0.05, 0) is 22.9 Å². The van der Waals surface area contributed by atoms with Gasteiger partial charge in [0.2, 0.25) is 0 Å². The molecule has 1 aliphatic rings. The van der Waals surface area contributed by atoms with Crippen molar-refractivity contribution in [3.05, 3.63) is 71.8 Å². The van der Waals surface area contributed by atoms with Crippen molar-refractivity contribution >= 4 is 11.8 Å². The molecule has 1 saturated heterocycles. The highest BCUT2D eigenvalue weighted by Crippen LogP contribution is 2.31. The van der Waals surface area contributed by atoms with Crippen LogP contribution in [0.15, 0.2) is 60.7 Å². The van der Waals surface area contributed by atoms with Crippen molar-refractivity contribution < 1.29 is 18.9 Å². The number of benzene rings is 2. The number of nitriles is 1. The second kappa shape index (κ2) is 10.5. The molecule has 0 radical (unpaired) electrons. The minimum absolute atomic E-state index is 0.286. The van der Waals surface area contributed by atoms with Gasteiger partial charge in [0.1, 0.15) is 17.6 Å². The van der Waals surface area contributed by atoms with Crippen molar-refractivity contribution in [1.29, 1.82) is 5.26 Å². The molecule has 6 heteroatoms. The molecule has 0 unspecified atom stereocenters. The third-order valence-electron chi connectivity index (χ3n) is 4.40. The first-order valence-corrected chi connectivity index (χ1v) is 9.70. The molecular formula is C21H23NO4S. The molecule has 0 N–H and O–H groups in total. The van der Waals surface area contributed by atoms with Crippen LogP contribution >= 0.6 is 11.8 Å². The Kier molecular flexibility index (Phi) is 7.69. The lowest BCUT2D eigenvalue weighted by molar-refractivity contribution is -0.225. The van der Waals surface area contributed by atoms with E-state index in [1.54, 1.807) is 7.11 Å². The molecular weight excluding hydrogens is 362 g/mol. The van der Waals surface area contributed by atoms with Crippen LogP contribution in [0.25, 0.3) is 0 Å². The Hall–Kier alpha value is -1.88. The van der Waals surface area contributed by atoms with Crippen LogP contribution in [-0.4, -0.2) is 37.5 Å². The van der Waals surface area contributed by atoms with Crippen LogP contribution in [0.4, 0.5) is 0 Å². The van der Waals surface area contributed by atoms with Crippen molar-refractivity contribution in [2.75, 3.05) is 13.7 Å². The van der Waals surface area contributed by atoms with Gasteiger partial charge in [-0.2, -0.15) is 5.26 Å². The van der Waals surface area contributed by atoms with E-state index >= 15 is 0 Å². The molecule has 4 atom stereocenters. The number of hydrogen-bond donors (Lipinski definition) is 0. The summed E-state index contributed by atoms with van der Waals surface area (Å²) in [4.78, 5) is 0. The normalized spacial score (nSPS) is 25.0. The van der Waals surface area contributed by atoms with Crippen molar-refractivity contribution in [3.8, 4) is 5.40 Å². The largest absolute Gasteiger partial charge is 0.369 e. The first-order chi connectivity index (χ1) is 13.3. The Labute approximate surface area is 164 Å². The summed E-state index contributed by atoms with van der Waals surface area (Å²) in [6, 6.07) is 19.9. The van der Waals surface area contributed by atoms with Gasteiger partial charge in [-0.1, -0.05) is 60.7 Å². The molecule has 0 spiro atoms. The maximum Gasteiger partial charge on any atom is 0.172 e. The van der Waals surface area contributed by atoms with Gasteiger partial charge in [0.05, 0.1) is 25.1 Å². The van der Waals surface area contributed by atoms with Gasteiger partial charge >= 0.3 is 0 Å². The molecule has 1 heterocycles. The summed E-state index contributed by atoms with van der Waals surface area (Å²) in [5.41, 5.74) is 2.15. The fourth-order valence-corrected chi connectivity index (χ4v) is 3.83. The van der Waals surface area contributed by atoms with Crippen molar-refractivity contribution in [3.63, 3.8) is 0 Å². The molecule has 27 heavy (non-hydrogen) atoms. The summed E-state index contributed by atoms with van der Waals surface area (Å²) in [6.45, 7) is 1.25. The minimum Gasteiger partial charge on any atom is -0.369 e. The topological polar surface area (TPSA) is 60.7 Å². The second-order valence-electron chi connectivity index (χ2n) is 6.21. The third kappa shape index (κ3) is 5.55. The lowest BCUT2D eigenvalue weighted by Crippen LogP contribution is -2.54. The third-order valence-corrected chi connectivity index (χ3v) is 5.26. The fourth-order valence-electron chi connectivity index (χ4n) is 3.02.